The Morgan fingerprint density at radius 1 is 1.26 bits per heavy atom. The highest BCUT2D eigenvalue weighted by Gasteiger charge is 2.05. The number of nitrogens with zero attached hydrogens (tertiary/aromatic N) is 1. The van der Waals surface area contributed by atoms with E-state index in [1.54, 1.807) is 30.3 Å². The number of para-hydroxylation sites is 1. The summed E-state index contributed by atoms with van der Waals surface area (Å²) < 4.78 is 5.38. The zero-order valence-electron chi connectivity index (χ0n) is 11.8. The summed E-state index contributed by atoms with van der Waals surface area (Å²) in [6.07, 6.45) is 5.45. The number of pyridine rings is 1. The third kappa shape index (κ3) is 3.46. The number of rotatable bonds is 3. The van der Waals surface area contributed by atoms with Crippen molar-refractivity contribution >= 4 is 40.4 Å². The molecule has 1 amide bonds. The highest BCUT2D eigenvalue weighted by Crippen LogP contribution is 2.13. The fourth-order valence-corrected chi connectivity index (χ4v) is 2.17. The van der Waals surface area contributed by atoms with Crippen LogP contribution in [0.4, 0.5) is 5.82 Å². The molecule has 2 aromatic heterocycles. The van der Waals surface area contributed by atoms with Crippen LogP contribution in [0, 0.1) is 0 Å². The molecular formula is C17H11ClN2O3. The van der Waals surface area contributed by atoms with Crippen LogP contribution in [0.2, 0.25) is 5.02 Å². The van der Waals surface area contributed by atoms with Crippen LogP contribution in [-0.4, -0.2) is 10.9 Å². The number of aromatic nitrogens is 1. The van der Waals surface area contributed by atoms with Gasteiger partial charge < -0.3 is 9.73 Å². The predicted octanol–water partition coefficient (Wildman–Crippen LogP) is 3.49. The van der Waals surface area contributed by atoms with Crippen LogP contribution in [0.3, 0.4) is 0 Å². The number of halogens is 1. The molecule has 1 N–H and O–H groups in total. The van der Waals surface area contributed by atoms with Crippen LogP contribution in [0.25, 0.3) is 17.0 Å². The lowest BCUT2D eigenvalue weighted by atomic mass is 10.1. The number of carbonyl (C=O) groups is 1. The molecular weight excluding hydrogens is 316 g/mol. The van der Waals surface area contributed by atoms with E-state index in [0.29, 0.717) is 21.8 Å². The molecule has 6 heteroatoms. The molecule has 0 saturated carbocycles. The molecule has 0 bridgehead atoms. The third-order valence-corrected chi connectivity index (χ3v) is 3.33. The maximum atomic E-state index is 12.3. The molecule has 23 heavy (non-hydrogen) atoms. The third-order valence-electron chi connectivity index (χ3n) is 3.09. The lowest BCUT2D eigenvalue weighted by molar-refractivity contribution is -0.111. The minimum Gasteiger partial charge on any atom is -0.463 e. The van der Waals surface area contributed by atoms with Crippen molar-refractivity contribution in [1.29, 1.82) is 0 Å². The second-order valence-corrected chi connectivity index (χ2v) is 5.13. The van der Waals surface area contributed by atoms with Crippen molar-refractivity contribution in [2.45, 2.75) is 0 Å². The van der Waals surface area contributed by atoms with Crippen molar-refractivity contribution in [2.24, 2.45) is 0 Å². The van der Waals surface area contributed by atoms with E-state index in [-0.39, 0.29) is 11.0 Å². The highest BCUT2D eigenvalue weighted by atomic mass is 35.5. The molecule has 0 radical (unpaired) electrons. The van der Waals surface area contributed by atoms with Gasteiger partial charge in [-0.3, -0.25) is 9.59 Å². The molecule has 3 aromatic rings. The summed E-state index contributed by atoms with van der Waals surface area (Å²) in [6.45, 7) is 0. The van der Waals surface area contributed by atoms with Crippen molar-refractivity contribution in [1.82, 2.24) is 4.98 Å². The average Bonchev–Trinajstić information content (AvgIpc) is 2.54. The molecule has 0 atom stereocenters. The van der Waals surface area contributed by atoms with Gasteiger partial charge in [0.15, 0.2) is 5.43 Å². The van der Waals surface area contributed by atoms with Gasteiger partial charge in [0.05, 0.1) is 10.9 Å². The first kappa shape index (κ1) is 15.0. The first-order valence-corrected chi connectivity index (χ1v) is 7.12. The van der Waals surface area contributed by atoms with Crippen molar-refractivity contribution < 1.29 is 9.21 Å². The monoisotopic (exact) mass is 326 g/mol. The van der Waals surface area contributed by atoms with Gasteiger partial charge in [0.2, 0.25) is 5.91 Å². The number of fused-ring (bicyclic) bond motifs is 1. The molecule has 0 spiro atoms. The van der Waals surface area contributed by atoms with Crippen LogP contribution >= 0.6 is 11.6 Å². The van der Waals surface area contributed by atoms with Crippen LogP contribution in [0.15, 0.2) is 64.1 Å². The van der Waals surface area contributed by atoms with Crippen molar-refractivity contribution in [3.63, 3.8) is 0 Å². The first-order valence-electron chi connectivity index (χ1n) is 6.74. The van der Waals surface area contributed by atoms with E-state index in [1.165, 1.54) is 30.7 Å². The van der Waals surface area contributed by atoms with Crippen molar-refractivity contribution in [2.75, 3.05) is 5.32 Å². The van der Waals surface area contributed by atoms with E-state index in [1.807, 2.05) is 0 Å². The minimum atomic E-state index is -0.424. The van der Waals surface area contributed by atoms with Gasteiger partial charge in [0.25, 0.3) is 0 Å². The molecule has 0 unspecified atom stereocenters. The van der Waals surface area contributed by atoms with Gasteiger partial charge >= 0.3 is 0 Å². The van der Waals surface area contributed by atoms with E-state index in [2.05, 4.69) is 10.3 Å². The van der Waals surface area contributed by atoms with Gasteiger partial charge in [-0.2, -0.15) is 0 Å². The second-order valence-electron chi connectivity index (χ2n) is 4.70. The fraction of sp³-hybridized carbons (Fsp3) is 0. The van der Waals surface area contributed by atoms with Crippen LogP contribution < -0.4 is 10.7 Å². The Kier molecular flexibility index (Phi) is 4.21. The lowest BCUT2D eigenvalue weighted by Gasteiger charge is -2.01. The average molecular weight is 327 g/mol. The van der Waals surface area contributed by atoms with E-state index in [0.717, 1.165) is 0 Å². The molecule has 0 aliphatic rings. The van der Waals surface area contributed by atoms with Gasteiger partial charge in [-0.25, -0.2) is 4.98 Å². The fourth-order valence-electron chi connectivity index (χ4n) is 2.01. The van der Waals surface area contributed by atoms with Gasteiger partial charge in [-0.15, -0.1) is 0 Å². The molecule has 0 fully saturated rings. The molecule has 5 nitrogen and oxygen atoms in total. The number of nitrogens with one attached hydrogen (secondary N) is 1. The Bertz CT molecular complexity index is 963. The summed E-state index contributed by atoms with van der Waals surface area (Å²) in [4.78, 5) is 28.1. The van der Waals surface area contributed by atoms with Crippen LogP contribution in [-0.2, 0) is 4.79 Å². The van der Waals surface area contributed by atoms with E-state index in [4.69, 9.17) is 16.0 Å². The zero-order chi connectivity index (χ0) is 16.2. The summed E-state index contributed by atoms with van der Waals surface area (Å²) in [5, 5.41) is 3.49. The SMILES string of the molecule is O=C(/C=C/c1coc2ccccc2c1=O)Nc1cc(Cl)ccn1. The smallest absolute Gasteiger partial charge is 0.249 e. The highest BCUT2D eigenvalue weighted by molar-refractivity contribution is 6.30. The van der Waals surface area contributed by atoms with Gasteiger partial charge in [-0.1, -0.05) is 23.7 Å². The molecule has 0 saturated heterocycles. The molecule has 0 aliphatic carbocycles. The predicted molar refractivity (Wildman–Crippen MR) is 89.4 cm³/mol. The Morgan fingerprint density at radius 2 is 2.09 bits per heavy atom. The molecule has 2 heterocycles. The Morgan fingerprint density at radius 3 is 2.91 bits per heavy atom. The lowest BCUT2D eigenvalue weighted by Crippen LogP contribution is -2.10. The van der Waals surface area contributed by atoms with Crippen molar-refractivity contribution in [3.05, 3.63) is 75.7 Å². The number of benzene rings is 1. The second kappa shape index (κ2) is 6.46. The first-order chi connectivity index (χ1) is 11.1. The topological polar surface area (TPSA) is 72.2 Å². The summed E-state index contributed by atoms with van der Waals surface area (Å²) >= 11 is 5.81. The normalized spacial score (nSPS) is 11.0. The Hall–Kier alpha value is -2.92. The number of amides is 1. The number of hydrogen-bond donors (Lipinski definition) is 1. The quantitative estimate of drug-likeness (QED) is 0.748. The number of anilines is 1. The van der Waals surface area contributed by atoms with Gasteiger partial charge in [-0.05, 0) is 30.3 Å². The summed E-state index contributed by atoms with van der Waals surface area (Å²) in [5.41, 5.74) is 0.594. The van der Waals surface area contributed by atoms with E-state index < -0.39 is 5.91 Å². The zero-order valence-corrected chi connectivity index (χ0v) is 12.6. The molecule has 3 rings (SSSR count). The Labute approximate surface area is 136 Å². The molecule has 1 aromatic carbocycles. The van der Waals surface area contributed by atoms with Crippen LogP contribution in [0.5, 0.6) is 0 Å². The number of carbonyl (C=O) groups excluding carboxylic acids is 1. The van der Waals surface area contributed by atoms with E-state index in [9.17, 15) is 9.59 Å². The Balaban J connectivity index is 1.81. The van der Waals surface area contributed by atoms with Gasteiger partial charge in [0, 0.05) is 17.3 Å². The van der Waals surface area contributed by atoms with Gasteiger partial charge in [0.1, 0.15) is 17.7 Å². The van der Waals surface area contributed by atoms with E-state index >= 15 is 0 Å². The maximum Gasteiger partial charge on any atom is 0.249 e. The maximum absolute atomic E-state index is 12.3. The van der Waals surface area contributed by atoms with Crippen LogP contribution in [0.1, 0.15) is 5.56 Å². The standard InChI is InChI=1S/C17H11ClN2O3/c18-12-7-8-19-15(9-12)20-16(21)6-5-11-10-23-14-4-2-1-3-13(14)17(11)22/h1-10H,(H,19,20,21)/b6-5+. The number of hydrogen-bond acceptors (Lipinski definition) is 4. The summed E-state index contributed by atoms with van der Waals surface area (Å²) in [7, 11) is 0. The van der Waals surface area contributed by atoms with Crippen molar-refractivity contribution in [3.8, 4) is 0 Å². The largest absolute Gasteiger partial charge is 0.463 e. The summed E-state index contributed by atoms with van der Waals surface area (Å²) in [6, 6.07) is 10.1. The summed E-state index contributed by atoms with van der Waals surface area (Å²) in [5.74, 6) is -0.0926. The minimum absolute atomic E-state index is 0.197. The molecule has 0 aliphatic heterocycles. The molecule has 114 valence electrons.